The van der Waals surface area contributed by atoms with Crippen LogP contribution >= 0.6 is 0 Å². The highest BCUT2D eigenvalue weighted by atomic mass is 19.1. The van der Waals surface area contributed by atoms with Gasteiger partial charge in [0.2, 0.25) is 0 Å². The van der Waals surface area contributed by atoms with Gasteiger partial charge in [-0.2, -0.15) is 0 Å². The van der Waals surface area contributed by atoms with Crippen LogP contribution in [0.25, 0.3) is 0 Å². The number of halogens is 1. The third-order valence-electron chi connectivity index (χ3n) is 3.02. The molecule has 0 unspecified atom stereocenters. The minimum absolute atomic E-state index is 0.137. The van der Waals surface area contributed by atoms with Gasteiger partial charge in [-0.05, 0) is 24.6 Å². The van der Waals surface area contributed by atoms with Crippen LogP contribution in [-0.4, -0.2) is 42.0 Å². The van der Waals surface area contributed by atoms with E-state index in [1.54, 1.807) is 6.07 Å². The molecule has 1 fully saturated rings. The van der Waals surface area contributed by atoms with Gasteiger partial charge in [-0.1, -0.05) is 12.1 Å². The predicted molar refractivity (Wildman–Crippen MR) is 70.8 cm³/mol. The number of carbonyl (C=O) groups is 3. The van der Waals surface area contributed by atoms with Crippen LogP contribution in [0, 0.1) is 5.82 Å². The number of nitrogens with one attached hydrogen (secondary N) is 1. The van der Waals surface area contributed by atoms with Crippen molar-refractivity contribution < 1.29 is 23.5 Å². The largest absolute Gasteiger partial charge is 0.452 e. The molecule has 21 heavy (non-hydrogen) atoms. The first-order valence-corrected chi connectivity index (χ1v) is 6.50. The molecule has 1 aromatic carbocycles. The van der Waals surface area contributed by atoms with Crippen molar-refractivity contribution in [3.05, 3.63) is 35.6 Å². The first-order chi connectivity index (χ1) is 9.97. The lowest BCUT2D eigenvalue weighted by Gasteiger charge is -2.18. The van der Waals surface area contributed by atoms with Crippen LogP contribution in [0.15, 0.2) is 24.3 Å². The Hall–Kier alpha value is -2.44. The monoisotopic (exact) mass is 294 g/mol. The Labute approximate surface area is 120 Å². The Kier molecular flexibility index (Phi) is 4.52. The van der Waals surface area contributed by atoms with E-state index in [0.29, 0.717) is 12.1 Å². The Bertz CT molecular complexity index is 576. The van der Waals surface area contributed by atoms with Crippen molar-refractivity contribution in [3.8, 4) is 0 Å². The Morgan fingerprint density at radius 2 is 2.24 bits per heavy atom. The topological polar surface area (TPSA) is 75.7 Å². The maximum absolute atomic E-state index is 13.0. The Morgan fingerprint density at radius 1 is 1.48 bits per heavy atom. The summed E-state index contributed by atoms with van der Waals surface area (Å²) in [5.74, 6) is -1.67. The van der Waals surface area contributed by atoms with Gasteiger partial charge in [0.25, 0.3) is 5.91 Å². The summed E-state index contributed by atoms with van der Waals surface area (Å²) in [6.07, 6.45) is -1.20. The van der Waals surface area contributed by atoms with Gasteiger partial charge in [0.05, 0.1) is 6.42 Å². The standard InChI is InChI=1S/C14H15FN2O4/c1-9(13(19)17-6-5-16-14(17)20)21-12(18)8-10-3-2-4-11(15)7-10/h2-4,7,9H,5-6,8H2,1H3,(H,16,20)/t9-/m0/s1. The molecule has 1 aliphatic heterocycles. The van der Waals surface area contributed by atoms with E-state index in [1.807, 2.05) is 0 Å². The van der Waals surface area contributed by atoms with Crippen molar-refractivity contribution in [3.63, 3.8) is 0 Å². The average molecular weight is 294 g/mol. The van der Waals surface area contributed by atoms with E-state index in [-0.39, 0.29) is 13.0 Å². The first-order valence-electron chi connectivity index (χ1n) is 6.50. The molecule has 0 aliphatic carbocycles. The van der Waals surface area contributed by atoms with Crippen molar-refractivity contribution in [2.24, 2.45) is 0 Å². The normalized spacial score (nSPS) is 15.5. The van der Waals surface area contributed by atoms with Crippen LogP contribution in [0.1, 0.15) is 12.5 Å². The third-order valence-corrected chi connectivity index (χ3v) is 3.02. The zero-order valence-electron chi connectivity index (χ0n) is 11.5. The van der Waals surface area contributed by atoms with Crippen LogP contribution in [0.3, 0.4) is 0 Å². The van der Waals surface area contributed by atoms with E-state index in [2.05, 4.69) is 5.32 Å². The number of hydrogen-bond acceptors (Lipinski definition) is 4. The van der Waals surface area contributed by atoms with Gasteiger partial charge in [-0.3, -0.25) is 14.5 Å². The molecule has 3 amide bonds. The second-order valence-electron chi connectivity index (χ2n) is 4.66. The molecule has 1 saturated heterocycles. The van der Waals surface area contributed by atoms with Crippen LogP contribution in [0.2, 0.25) is 0 Å². The SMILES string of the molecule is C[C@H](OC(=O)Cc1cccc(F)c1)C(=O)N1CCNC1=O. The molecule has 1 atom stereocenters. The second kappa shape index (κ2) is 6.34. The molecule has 1 heterocycles. The fourth-order valence-electron chi connectivity index (χ4n) is 2.00. The van der Waals surface area contributed by atoms with Crippen molar-refractivity contribution in [2.45, 2.75) is 19.4 Å². The maximum atomic E-state index is 13.0. The van der Waals surface area contributed by atoms with E-state index in [0.717, 1.165) is 4.90 Å². The quantitative estimate of drug-likeness (QED) is 0.835. The van der Waals surface area contributed by atoms with E-state index in [1.165, 1.54) is 25.1 Å². The average Bonchev–Trinajstić information content (AvgIpc) is 2.83. The molecule has 0 aromatic heterocycles. The number of amides is 3. The molecule has 0 spiro atoms. The lowest BCUT2D eigenvalue weighted by atomic mass is 10.1. The zero-order valence-corrected chi connectivity index (χ0v) is 11.5. The van der Waals surface area contributed by atoms with Crippen LogP contribution in [0.4, 0.5) is 9.18 Å². The number of rotatable bonds is 4. The molecular formula is C14H15FN2O4. The van der Waals surface area contributed by atoms with Gasteiger partial charge in [0.1, 0.15) is 5.82 Å². The predicted octanol–water partition coefficient (Wildman–Crippen LogP) is 0.852. The fourth-order valence-corrected chi connectivity index (χ4v) is 2.00. The van der Waals surface area contributed by atoms with Crippen molar-refractivity contribution in [1.82, 2.24) is 10.2 Å². The number of ether oxygens (including phenoxy) is 1. The highest BCUT2D eigenvalue weighted by Gasteiger charge is 2.31. The fraction of sp³-hybridized carbons (Fsp3) is 0.357. The van der Waals surface area contributed by atoms with Gasteiger partial charge < -0.3 is 10.1 Å². The molecule has 1 aliphatic rings. The van der Waals surface area contributed by atoms with Gasteiger partial charge in [0, 0.05) is 13.1 Å². The lowest BCUT2D eigenvalue weighted by Crippen LogP contribution is -2.42. The number of carbonyl (C=O) groups excluding carboxylic acids is 3. The summed E-state index contributed by atoms with van der Waals surface area (Å²) in [6.45, 7) is 2.04. The van der Waals surface area contributed by atoms with Crippen LogP contribution < -0.4 is 5.32 Å². The van der Waals surface area contributed by atoms with Crippen molar-refractivity contribution in [1.29, 1.82) is 0 Å². The molecule has 6 nitrogen and oxygen atoms in total. The van der Waals surface area contributed by atoms with Gasteiger partial charge >= 0.3 is 12.0 Å². The summed E-state index contributed by atoms with van der Waals surface area (Å²) in [6, 6.07) is 5.08. The molecule has 0 saturated carbocycles. The smallest absolute Gasteiger partial charge is 0.324 e. The van der Waals surface area contributed by atoms with Gasteiger partial charge in [0.15, 0.2) is 6.10 Å². The summed E-state index contributed by atoms with van der Waals surface area (Å²) >= 11 is 0. The highest BCUT2D eigenvalue weighted by Crippen LogP contribution is 2.08. The first kappa shape index (κ1) is 15.0. The molecule has 2 rings (SSSR count). The summed E-state index contributed by atoms with van der Waals surface area (Å²) < 4.78 is 18.0. The molecule has 1 N–H and O–H groups in total. The van der Waals surface area contributed by atoms with Crippen molar-refractivity contribution in [2.75, 3.05) is 13.1 Å². The molecule has 0 radical (unpaired) electrons. The molecule has 0 bridgehead atoms. The second-order valence-corrected chi connectivity index (χ2v) is 4.66. The maximum Gasteiger partial charge on any atom is 0.324 e. The van der Waals surface area contributed by atoms with Crippen LogP contribution in [0.5, 0.6) is 0 Å². The minimum atomic E-state index is -1.06. The molecule has 1 aromatic rings. The van der Waals surface area contributed by atoms with E-state index in [4.69, 9.17) is 4.74 Å². The van der Waals surface area contributed by atoms with E-state index in [9.17, 15) is 18.8 Å². The zero-order chi connectivity index (χ0) is 15.4. The lowest BCUT2D eigenvalue weighted by molar-refractivity contribution is -0.156. The van der Waals surface area contributed by atoms with Crippen molar-refractivity contribution >= 4 is 17.9 Å². The van der Waals surface area contributed by atoms with Gasteiger partial charge in [-0.15, -0.1) is 0 Å². The number of hydrogen-bond donors (Lipinski definition) is 1. The van der Waals surface area contributed by atoms with Crippen LogP contribution in [-0.2, 0) is 20.7 Å². The number of imide groups is 1. The minimum Gasteiger partial charge on any atom is -0.452 e. The summed E-state index contributed by atoms with van der Waals surface area (Å²) in [5, 5.41) is 2.49. The Balaban J connectivity index is 1.90. The summed E-state index contributed by atoms with van der Waals surface area (Å²) in [4.78, 5) is 36.0. The summed E-state index contributed by atoms with van der Waals surface area (Å²) in [5.41, 5.74) is 0.457. The number of esters is 1. The molecular weight excluding hydrogens is 279 g/mol. The number of benzene rings is 1. The number of urea groups is 1. The third kappa shape index (κ3) is 3.77. The van der Waals surface area contributed by atoms with E-state index < -0.39 is 29.8 Å². The molecule has 112 valence electrons. The van der Waals surface area contributed by atoms with E-state index >= 15 is 0 Å². The highest BCUT2D eigenvalue weighted by molar-refractivity contribution is 5.98. The number of nitrogens with zero attached hydrogens (tertiary/aromatic N) is 1. The summed E-state index contributed by atoms with van der Waals surface area (Å²) in [7, 11) is 0. The van der Waals surface area contributed by atoms with Gasteiger partial charge in [-0.25, -0.2) is 9.18 Å². The molecule has 7 heteroatoms. The Morgan fingerprint density at radius 3 is 2.86 bits per heavy atom.